The van der Waals surface area contributed by atoms with E-state index in [1.165, 1.54) is 11.3 Å². The van der Waals surface area contributed by atoms with Gasteiger partial charge in [0.05, 0.1) is 17.6 Å². The van der Waals surface area contributed by atoms with E-state index in [1.54, 1.807) is 12.4 Å². The minimum absolute atomic E-state index is 0.132. The zero-order valence-corrected chi connectivity index (χ0v) is 16.2. The van der Waals surface area contributed by atoms with Crippen LogP contribution in [-0.4, -0.2) is 35.0 Å². The number of piperidine rings is 1. The third kappa shape index (κ3) is 3.83. The van der Waals surface area contributed by atoms with Gasteiger partial charge in [-0.3, -0.25) is 9.78 Å². The molecule has 1 fully saturated rings. The molecular weight excluding hydrogens is 372 g/mol. The van der Waals surface area contributed by atoms with Crippen LogP contribution >= 0.6 is 11.3 Å². The molecule has 144 valence electrons. The van der Waals surface area contributed by atoms with E-state index in [-0.39, 0.29) is 17.6 Å². The topological polar surface area (TPSA) is 110 Å². The first-order valence-electron chi connectivity index (χ1n) is 9.19. The third-order valence-corrected chi connectivity index (χ3v) is 5.67. The molecule has 0 spiro atoms. The Balaban J connectivity index is 1.57. The van der Waals surface area contributed by atoms with Gasteiger partial charge in [0.1, 0.15) is 10.0 Å². The number of carbonyl (C=O) groups is 1. The number of nitrogens with two attached hydrogens (primary N) is 2. The summed E-state index contributed by atoms with van der Waals surface area (Å²) in [6.45, 7) is 1.65. The first-order chi connectivity index (χ1) is 13.6. The van der Waals surface area contributed by atoms with Crippen LogP contribution < -0.4 is 21.7 Å². The molecule has 0 radical (unpaired) electrons. The minimum atomic E-state index is -0.341. The van der Waals surface area contributed by atoms with Gasteiger partial charge in [0.2, 0.25) is 0 Å². The number of hydrogen-bond acceptors (Lipinski definition) is 7. The van der Waals surface area contributed by atoms with Crippen LogP contribution in [0.4, 0.5) is 16.4 Å². The molecule has 1 aliphatic rings. The lowest BCUT2D eigenvalue weighted by atomic mass is 10.1. The van der Waals surface area contributed by atoms with E-state index >= 15 is 0 Å². The summed E-state index contributed by atoms with van der Waals surface area (Å²) in [4.78, 5) is 23.7. The summed E-state index contributed by atoms with van der Waals surface area (Å²) in [7, 11) is 0. The summed E-state index contributed by atoms with van der Waals surface area (Å²) in [5.74, 6) is -0.341. The van der Waals surface area contributed by atoms with Gasteiger partial charge in [-0.05, 0) is 18.9 Å². The van der Waals surface area contributed by atoms with Gasteiger partial charge in [-0.25, -0.2) is 4.98 Å². The molecule has 1 saturated heterocycles. The van der Waals surface area contributed by atoms with Crippen LogP contribution in [0.5, 0.6) is 0 Å². The molecule has 7 nitrogen and oxygen atoms in total. The second-order valence-corrected chi connectivity index (χ2v) is 7.82. The summed E-state index contributed by atoms with van der Waals surface area (Å²) < 4.78 is 0. The van der Waals surface area contributed by atoms with Crippen LogP contribution in [0.3, 0.4) is 0 Å². The Bertz CT molecular complexity index is 974. The van der Waals surface area contributed by atoms with E-state index in [0.29, 0.717) is 10.7 Å². The highest BCUT2D eigenvalue weighted by atomic mass is 32.1. The summed E-state index contributed by atoms with van der Waals surface area (Å²) in [6, 6.07) is 11.7. The van der Waals surface area contributed by atoms with Gasteiger partial charge in [0.25, 0.3) is 5.91 Å². The maximum Gasteiger partial charge on any atom is 0.277 e. The number of amides is 1. The molecule has 3 aromatic rings. The van der Waals surface area contributed by atoms with Crippen molar-refractivity contribution in [2.24, 2.45) is 5.73 Å². The second-order valence-electron chi connectivity index (χ2n) is 6.79. The van der Waals surface area contributed by atoms with E-state index < -0.39 is 0 Å². The van der Waals surface area contributed by atoms with Crippen molar-refractivity contribution < 1.29 is 4.79 Å². The van der Waals surface area contributed by atoms with Gasteiger partial charge in [-0.2, -0.15) is 0 Å². The van der Waals surface area contributed by atoms with E-state index in [4.69, 9.17) is 11.5 Å². The highest BCUT2D eigenvalue weighted by Gasteiger charge is 2.22. The third-order valence-electron chi connectivity index (χ3n) is 4.73. The number of thiazole rings is 1. The van der Waals surface area contributed by atoms with Crippen LogP contribution in [0.25, 0.3) is 10.6 Å². The Morgan fingerprint density at radius 1 is 1.25 bits per heavy atom. The van der Waals surface area contributed by atoms with E-state index in [2.05, 4.69) is 20.2 Å². The van der Waals surface area contributed by atoms with Gasteiger partial charge in [-0.1, -0.05) is 41.7 Å². The predicted octanol–water partition coefficient (Wildman–Crippen LogP) is 2.97. The number of carbonyl (C=O) groups excluding carboxylic acids is 1. The number of nitrogen functional groups attached to an aromatic ring is 1. The number of nitrogens with zero attached hydrogens (tertiary/aromatic N) is 3. The number of hydrogen-bond donors (Lipinski definition) is 3. The Morgan fingerprint density at radius 2 is 2.07 bits per heavy atom. The average molecular weight is 395 g/mol. The fourth-order valence-electron chi connectivity index (χ4n) is 3.37. The molecule has 2 aromatic heterocycles. The number of benzene rings is 1. The van der Waals surface area contributed by atoms with Crippen molar-refractivity contribution in [2.45, 2.75) is 18.9 Å². The SMILES string of the molecule is Nc1sc(-c2ccccc2)nc1C(=O)Nc1cnccc1N1CCCC(N)C1. The molecule has 0 bridgehead atoms. The summed E-state index contributed by atoms with van der Waals surface area (Å²) in [5.41, 5.74) is 14.9. The summed E-state index contributed by atoms with van der Waals surface area (Å²) in [6.07, 6.45) is 5.40. The molecule has 28 heavy (non-hydrogen) atoms. The monoisotopic (exact) mass is 394 g/mol. The minimum Gasteiger partial charge on any atom is -0.389 e. The van der Waals surface area contributed by atoms with Gasteiger partial charge in [0, 0.05) is 30.9 Å². The van der Waals surface area contributed by atoms with Crippen LogP contribution in [0.2, 0.25) is 0 Å². The Morgan fingerprint density at radius 3 is 2.86 bits per heavy atom. The maximum atomic E-state index is 12.9. The lowest BCUT2D eigenvalue weighted by Gasteiger charge is -2.33. The molecule has 1 aromatic carbocycles. The smallest absolute Gasteiger partial charge is 0.277 e. The van der Waals surface area contributed by atoms with Crippen molar-refractivity contribution in [3.05, 3.63) is 54.5 Å². The number of pyridine rings is 1. The second kappa shape index (κ2) is 7.95. The van der Waals surface area contributed by atoms with E-state index in [0.717, 1.165) is 42.2 Å². The zero-order chi connectivity index (χ0) is 19.5. The van der Waals surface area contributed by atoms with Gasteiger partial charge in [0.15, 0.2) is 5.69 Å². The van der Waals surface area contributed by atoms with Crippen LogP contribution in [-0.2, 0) is 0 Å². The molecule has 1 amide bonds. The fourth-order valence-corrected chi connectivity index (χ4v) is 4.20. The largest absolute Gasteiger partial charge is 0.389 e. The van der Waals surface area contributed by atoms with Gasteiger partial charge in [-0.15, -0.1) is 0 Å². The van der Waals surface area contributed by atoms with Crippen molar-refractivity contribution in [3.63, 3.8) is 0 Å². The molecule has 1 unspecified atom stereocenters. The number of aromatic nitrogens is 2. The molecule has 0 saturated carbocycles. The van der Waals surface area contributed by atoms with Crippen LogP contribution in [0, 0.1) is 0 Å². The normalized spacial score (nSPS) is 16.8. The molecular formula is C20H22N6OS. The van der Waals surface area contributed by atoms with Crippen LogP contribution in [0.15, 0.2) is 48.8 Å². The van der Waals surface area contributed by atoms with E-state index in [9.17, 15) is 4.79 Å². The van der Waals surface area contributed by atoms with Gasteiger partial charge < -0.3 is 21.7 Å². The summed E-state index contributed by atoms with van der Waals surface area (Å²) in [5, 5.41) is 4.03. The molecule has 4 rings (SSSR count). The highest BCUT2D eigenvalue weighted by Crippen LogP contribution is 2.32. The standard InChI is InChI=1S/C20H22N6OS/c21-14-7-4-10-26(12-14)16-8-9-23-11-15(16)24-19(27)17-18(22)28-20(25-17)13-5-2-1-3-6-13/h1-3,5-6,8-9,11,14H,4,7,10,12,21-22H2,(H,24,27). The molecule has 1 aliphatic heterocycles. The average Bonchev–Trinajstić information content (AvgIpc) is 3.11. The summed E-state index contributed by atoms with van der Waals surface area (Å²) >= 11 is 1.30. The molecule has 3 heterocycles. The molecule has 8 heteroatoms. The zero-order valence-electron chi connectivity index (χ0n) is 15.3. The lowest BCUT2D eigenvalue weighted by Crippen LogP contribution is -2.43. The van der Waals surface area contributed by atoms with Gasteiger partial charge >= 0.3 is 0 Å². The quantitative estimate of drug-likeness (QED) is 0.627. The van der Waals surface area contributed by atoms with Crippen molar-refractivity contribution in [1.82, 2.24) is 9.97 Å². The first kappa shape index (κ1) is 18.4. The Hall–Kier alpha value is -2.97. The van der Waals surface area contributed by atoms with Crippen LogP contribution in [0.1, 0.15) is 23.3 Å². The van der Waals surface area contributed by atoms with Crippen molar-refractivity contribution in [1.29, 1.82) is 0 Å². The predicted molar refractivity (Wildman–Crippen MR) is 114 cm³/mol. The number of nitrogens with one attached hydrogen (secondary N) is 1. The molecule has 5 N–H and O–H groups in total. The lowest BCUT2D eigenvalue weighted by molar-refractivity contribution is 0.102. The maximum absolute atomic E-state index is 12.9. The Labute approximate surface area is 167 Å². The highest BCUT2D eigenvalue weighted by molar-refractivity contribution is 7.19. The Kier molecular flexibility index (Phi) is 5.23. The molecule has 0 aliphatic carbocycles. The van der Waals surface area contributed by atoms with E-state index in [1.807, 2.05) is 36.4 Å². The fraction of sp³-hybridized carbons (Fsp3) is 0.250. The number of anilines is 3. The first-order valence-corrected chi connectivity index (χ1v) is 10.0. The van der Waals surface area contributed by atoms with Crippen molar-refractivity contribution in [2.75, 3.05) is 29.0 Å². The number of rotatable bonds is 4. The molecule has 1 atom stereocenters. The van der Waals surface area contributed by atoms with Crippen molar-refractivity contribution in [3.8, 4) is 10.6 Å². The van der Waals surface area contributed by atoms with Crippen molar-refractivity contribution >= 4 is 33.6 Å².